The molecule has 1 atom stereocenters. The first-order chi connectivity index (χ1) is 18.1. The summed E-state index contributed by atoms with van der Waals surface area (Å²) in [7, 11) is 1.86. The number of thioether (sulfide) groups is 1. The highest BCUT2D eigenvalue weighted by Crippen LogP contribution is 2.20. The van der Waals surface area contributed by atoms with Gasteiger partial charge in [-0.15, -0.1) is 0 Å². The van der Waals surface area contributed by atoms with Gasteiger partial charge in [-0.1, -0.05) is 18.2 Å². The van der Waals surface area contributed by atoms with Crippen LogP contribution in [0.2, 0.25) is 0 Å². The molecule has 0 fully saturated rings. The van der Waals surface area contributed by atoms with Gasteiger partial charge in [-0.2, -0.15) is 5.26 Å². The monoisotopic (exact) mass is 538 g/mol. The topological polar surface area (TPSA) is 140 Å². The summed E-state index contributed by atoms with van der Waals surface area (Å²) >= 11 is 0.927. The van der Waals surface area contributed by atoms with Crippen molar-refractivity contribution in [1.29, 1.82) is 5.26 Å². The predicted octanol–water partition coefficient (Wildman–Crippen LogP) is 1.91. The van der Waals surface area contributed by atoms with Gasteiger partial charge in [0.2, 0.25) is 11.8 Å². The highest BCUT2D eigenvalue weighted by atomic mass is 32.2. The van der Waals surface area contributed by atoms with E-state index in [0.29, 0.717) is 44.4 Å². The molecule has 3 N–H and O–H groups in total. The Labute approximate surface area is 223 Å². The maximum Gasteiger partial charge on any atom is 0.246 e. The highest BCUT2D eigenvalue weighted by Gasteiger charge is 2.12. The Hall–Kier alpha value is -2.66. The van der Waals surface area contributed by atoms with Crippen molar-refractivity contribution < 1.29 is 33.3 Å². The Balaban J connectivity index is 2.28. The maximum atomic E-state index is 12.2. The minimum Gasteiger partial charge on any atom is -0.490 e. The Bertz CT molecular complexity index is 836. The summed E-state index contributed by atoms with van der Waals surface area (Å²) in [6.45, 7) is 5.40. The van der Waals surface area contributed by atoms with Gasteiger partial charge >= 0.3 is 0 Å². The number of allylic oxidation sites excluding steroid dienone is 1. The highest BCUT2D eigenvalue weighted by molar-refractivity contribution is 8.04. The molecule has 2 amide bonds. The van der Waals surface area contributed by atoms with Crippen LogP contribution in [0.5, 0.6) is 5.75 Å². The van der Waals surface area contributed by atoms with Crippen LogP contribution in [0.4, 0.5) is 5.69 Å². The maximum absolute atomic E-state index is 12.2. The van der Waals surface area contributed by atoms with Crippen molar-refractivity contribution >= 4 is 29.3 Å². The lowest BCUT2D eigenvalue weighted by Gasteiger charge is -2.16. The van der Waals surface area contributed by atoms with E-state index >= 15 is 0 Å². The van der Waals surface area contributed by atoms with Crippen LogP contribution in [0.25, 0.3) is 0 Å². The SMILES string of the molecule is C/C=C/CNC(=O)COCCOC(COc1cccc(NC(=O)CCOCCOCCNC)c1)SC#N. The third-order valence-electron chi connectivity index (χ3n) is 4.45. The molecule has 1 unspecified atom stereocenters. The summed E-state index contributed by atoms with van der Waals surface area (Å²) in [6.07, 6.45) is 3.89. The van der Waals surface area contributed by atoms with Crippen molar-refractivity contribution in [3.63, 3.8) is 0 Å². The number of nitrogens with zero attached hydrogens (tertiary/aromatic N) is 1. The quantitative estimate of drug-likeness (QED) is 0.0868. The normalized spacial score (nSPS) is 11.7. The van der Waals surface area contributed by atoms with Gasteiger partial charge in [0.25, 0.3) is 0 Å². The van der Waals surface area contributed by atoms with Crippen LogP contribution in [0.1, 0.15) is 13.3 Å². The number of carbonyl (C=O) groups is 2. The summed E-state index contributed by atoms with van der Waals surface area (Å²) in [6, 6.07) is 6.95. The van der Waals surface area contributed by atoms with Crippen molar-refractivity contribution in [2.45, 2.75) is 18.8 Å². The number of likely N-dealkylation sites (N-methyl/N-ethyl adjacent to an activating group) is 1. The second-order valence-electron chi connectivity index (χ2n) is 7.40. The van der Waals surface area contributed by atoms with E-state index in [1.165, 1.54) is 0 Å². The fraction of sp³-hybridized carbons (Fsp3) is 0.560. The van der Waals surface area contributed by atoms with Gasteiger partial charge in [-0.05, 0) is 37.9 Å². The molecule has 0 saturated carbocycles. The molecule has 0 spiro atoms. The first-order valence-electron chi connectivity index (χ1n) is 12.0. The third-order valence-corrected chi connectivity index (χ3v) is 5.09. The number of carbonyl (C=O) groups excluding carboxylic acids is 2. The van der Waals surface area contributed by atoms with Gasteiger partial charge in [-0.25, -0.2) is 0 Å². The van der Waals surface area contributed by atoms with Crippen molar-refractivity contribution in [2.75, 3.05) is 78.3 Å². The summed E-state index contributed by atoms with van der Waals surface area (Å²) in [5, 5.41) is 19.5. The van der Waals surface area contributed by atoms with Gasteiger partial charge < -0.3 is 39.6 Å². The predicted molar refractivity (Wildman–Crippen MR) is 142 cm³/mol. The molecule has 1 aromatic carbocycles. The van der Waals surface area contributed by atoms with E-state index in [2.05, 4.69) is 16.0 Å². The van der Waals surface area contributed by atoms with Crippen LogP contribution < -0.4 is 20.7 Å². The zero-order valence-electron chi connectivity index (χ0n) is 21.5. The molecule has 11 nitrogen and oxygen atoms in total. The molecule has 12 heteroatoms. The number of nitriles is 1. The van der Waals surface area contributed by atoms with E-state index < -0.39 is 5.44 Å². The molecule has 1 rings (SSSR count). The van der Waals surface area contributed by atoms with Crippen LogP contribution in [0.15, 0.2) is 36.4 Å². The van der Waals surface area contributed by atoms with Gasteiger partial charge in [0, 0.05) is 24.8 Å². The Morgan fingerprint density at radius 2 is 1.86 bits per heavy atom. The number of nitrogens with one attached hydrogen (secondary N) is 3. The molecule has 0 heterocycles. The zero-order valence-corrected chi connectivity index (χ0v) is 22.3. The van der Waals surface area contributed by atoms with Gasteiger partial charge in [0.1, 0.15) is 24.4 Å². The van der Waals surface area contributed by atoms with Crippen LogP contribution in [-0.4, -0.2) is 90.2 Å². The largest absolute Gasteiger partial charge is 0.490 e. The molecule has 1 aromatic rings. The van der Waals surface area contributed by atoms with E-state index in [1.54, 1.807) is 24.3 Å². The number of hydrogen-bond acceptors (Lipinski definition) is 10. The first kappa shape index (κ1) is 32.4. The molecular formula is C25H38N4O7S. The molecule has 0 bridgehead atoms. The van der Waals surface area contributed by atoms with Gasteiger partial charge in [0.15, 0.2) is 5.44 Å². The number of benzene rings is 1. The fourth-order valence-electron chi connectivity index (χ4n) is 2.63. The van der Waals surface area contributed by atoms with E-state index in [-0.39, 0.29) is 44.7 Å². The standard InChI is InChI=1S/C25H38N4O7S/c1-3-4-9-28-24(31)18-34-15-16-35-25(37-20-26)19-36-22-7-5-6-21(17-22)29-23(30)8-11-32-13-14-33-12-10-27-2/h3-7,17,25,27H,8-16,18-19H2,1-2H3,(H,28,31)(H,29,30)/b4-3+. The lowest BCUT2D eigenvalue weighted by atomic mass is 10.3. The molecule has 0 aliphatic carbocycles. The van der Waals surface area contributed by atoms with E-state index in [1.807, 2.05) is 31.5 Å². The average Bonchev–Trinajstić information content (AvgIpc) is 2.89. The van der Waals surface area contributed by atoms with Crippen molar-refractivity contribution in [3.05, 3.63) is 36.4 Å². The van der Waals surface area contributed by atoms with E-state index in [9.17, 15) is 9.59 Å². The Morgan fingerprint density at radius 3 is 2.62 bits per heavy atom. The number of hydrogen-bond donors (Lipinski definition) is 3. The van der Waals surface area contributed by atoms with Gasteiger partial charge in [0.05, 0.1) is 46.1 Å². The number of ether oxygens (including phenoxy) is 5. The smallest absolute Gasteiger partial charge is 0.246 e. The van der Waals surface area contributed by atoms with Gasteiger partial charge in [-0.3, -0.25) is 9.59 Å². The summed E-state index contributed by atoms with van der Waals surface area (Å²) in [4.78, 5) is 23.7. The minimum absolute atomic E-state index is 0.0660. The molecule has 0 aromatic heterocycles. The van der Waals surface area contributed by atoms with E-state index in [4.69, 9.17) is 28.9 Å². The first-order valence-corrected chi connectivity index (χ1v) is 12.9. The van der Waals surface area contributed by atoms with Crippen LogP contribution in [0, 0.1) is 10.7 Å². The molecule has 37 heavy (non-hydrogen) atoms. The van der Waals surface area contributed by atoms with Crippen LogP contribution in [0.3, 0.4) is 0 Å². The fourth-order valence-corrected chi connectivity index (χ4v) is 3.05. The summed E-state index contributed by atoms with van der Waals surface area (Å²) < 4.78 is 27.4. The molecule has 0 radical (unpaired) electrons. The third kappa shape index (κ3) is 18.3. The number of thiocyanates is 1. The second kappa shape index (κ2) is 22.5. The lowest BCUT2D eigenvalue weighted by molar-refractivity contribution is -0.126. The minimum atomic E-state index is -0.547. The molecular weight excluding hydrogens is 500 g/mol. The second-order valence-corrected chi connectivity index (χ2v) is 8.34. The number of amides is 2. The van der Waals surface area contributed by atoms with E-state index in [0.717, 1.165) is 18.3 Å². The summed E-state index contributed by atoms with van der Waals surface area (Å²) in [5.74, 6) is 0.133. The van der Waals surface area contributed by atoms with Crippen molar-refractivity contribution in [2.24, 2.45) is 0 Å². The zero-order chi connectivity index (χ0) is 27.0. The Kier molecular flexibility index (Phi) is 19.7. The molecule has 0 aliphatic rings. The average molecular weight is 539 g/mol. The molecule has 0 aliphatic heterocycles. The lowest BCUT2D eigenvalue weighted by Crippen LogP contribution is -2.28. The molecule has 0 saturated heterocycles. The Morgan fingerprint density at radius 1 is 1.08 bits per heavy atom. The number of anilines is 1. The summed E-state index contributed by atoms with van der Waals surface area (Å²) in [5.41, 5.74) is 0.0409. The van der Waals surface area contributed by atoms with Crippen molar-refractivity contribution in [3.8, 4) is 11.2 Å². The van der Waals surface area contributed by atoms with Crippen molar-refractivity contribution in [1.82, 2.24) is 10.6 Å². The number of rotatable bonds is 22. The van der Waals surface area contributed by atoms with Crippen LogP contribution >= 0.6 is 11.8 Å². The molecule has 206 valence electrons. The van der Waals surface area contributed by atoms with Crippen LogP contribution in [-0.2, 0) is 28.5 Å².